The Morgan fingerprint density at radius 3 is 2.87 bits per heavy atom. The summed E-state index contributed by atoms with van der Waals surface area (Å²) in [6.45, 7) is 6.03. The fourth-order valence-electron chi connectivity index (χ4n) is 1.28. The molecule has 1 rings (SSSR count). The van der Waals surface area contributed by atoms with Gasteiger partial charge in [-0.25, -0.2) is 0 Å². The van der Waals surface area contributed by atoms with Crippen molar-refractivity contribution in [3.05, 3.63) is 34.9 Å². The van der Waals surface area contributed by atoms with Gasteiger partial charge in [-0.2, -0.15) is 0 Å². The molecular formula is C13H19ClO. The highest BCUT2D eigenvalue weighted by Gasteiger charge is 1.99. The summed E-state index contributed by atoms with van der Waals surface area (Å²) in [5.41, 5.74) is 1.24. The van der Waals surface area contributed by atoms with E-state index in [0.717, 1.165) is 24.7 Å². The smallest absolute Gasteiger partial charge is 0.0506 e. The van der Waals surface area contributed by atoms with Gasteiger partial charge in [0.05, 0.1) is 6.61 Å². The van der Waals surface area contributed by atoms with E-state index in [1.807, 2.05) is 18.2 Å². The lowest BCUT2D eigenvalue weighted by molar-refractivity contribution is 0.106. The van der Waals surface area contributed by atoms with E-state index in [4.69, 9.17) is 16.3 Å². The molecular weight excluding hydrogens is 208 g/mol. The third kappa shape index (κ3) is 5.19. The van der Waals surface area contributed by atoms with Crippen molar-refractivity contribution in [1.82, 2.24) is 0 Å². The molecule has 2 heteroatoms. The molecule has 0 aromatic heterocycles. The van der Waals surface area contributed by atoms with Crippen molar-refractivity contribution in [3.63, 3.8) is 0 Å². The summed E-state index contributed by atoms with van der Waals surface area (Å²) >= 11 is 5.89. The first-order chi connectivity index (χ1) is 7.22. The lowest BCUT2D eigenvalue weighted by Crippen LogP contribution is -2.07. The molecule has 15 heavy (non-hydrogen) atoms. The second-order valence-corrected chi connectivity index (χ2v) is 4.40. The van der Waals surface area contributed by atoms with Crippen LogP contribution in [0.4, 0.5) is 0 Å². The lowest BCUT2D eigenvalue weighted by Gasteiger charge is -2.09. The van der Waals surface area contributed by atoms with E-state index in [-0.39, 0.29) is 0 Å². The summed E-state index contributed by atoms with van der Waals surface area (Å²) in [5, 5.41) is 0.800. The van der Waals surface area contributed by atoms with Crippen LogP contribution in [0.2, 0.25) is 5.02 Å². The van der Waals surface area contributed by atoms with Crippen LogP contribution in [0.15, 0.2) is 24.3 Å². The molecule has 1 unspecified atom stereocenters. The van der Waals surface area contributed by atoms with E-state index in [1.54, 1.807) is 0 Å². The van der Waals surface area contributed by atoms with E-state index in [1.165, 1.54) is 12.0 Å². The van der Waals surface area contributed by atoms with Crippen LogP contribution < -0.4 is 0 Å². The minimum atomic E-state index is 0.657. The van der Waals surface area contributed by atoms with Crippen LogP contribution in [0.1, 0.15) is 25.8 Å². The highest BCUT2D eigenvalue weighted by Crippen LogP contribution is 2.11. The maximum Gasteiger partial charge on any atom is 0.0506 e. The van der Waals surface area contributed by atoms with Crippen molar-refractivity contribution >= 4 is 11.6 Å². The molecule has 0 bridgehead atoms. The molecule has 1 atom stereocenters. The predicted molar refractivity (Wildman–Crippen MR) is 65.4 cm³/mol. The topological polar surface area (TPSA) is 9.23 Å². The molecule has 0 saturated carbocycles. The molecule has 1 aromatic carbocycles. The summed E-state index contributed by atoms with van der Waals surface area (Å²) in [6, 6.07) is 7.95. The molecule has 0 spiro atoms. The maximum absolute atomic E-state index is 5.89. The van der Waals surface area contributed by atoms with Gasteiger partial charge < -0.3 is 4.74 Å². The Balaban J connectivity index is 2.20. The summed E-state index contributed by atoms with van der Waals surface area (Å²) in [5.74, 6) is 0.657. The first kappa shape index (κ1) is 12.5. The van der Waals surface area contributed by atoms with Gasteiger partial charge in [0.15, 0.2) is 0 Å². The van der Waals surface area contributed by atoms with E-state index in [9.17, 15) is 0 Å². The SMILES string of the molecule is CCC(C)COCCc1cccc(Cl)c1. The average molecular weight is 227 g/mol. The molecule has 0 fully saturated rings. The normalized spacial score (nSPS) is 12.7. The number of halogens is 1. The zero-order chi connectivity index (χ0) is 11.1. The molecule has 0 aliphatic heterocycles. The average Bonchev–Trinajstić information content (AvgIpc) is 2.24. The number of rotatable bonds is 6. The summed E-state index contributed by atoms with van der Waals surface area (Å²) < 4.78 is 5.59. The van der Waals surface area contributed by atoms with Crippen LogP contribution in [-0.2, 0) is 11.2 Å². The van der Waals surface area contributed by atoms with Crippen LogP contribution >= 0.6 is 11.6 Å². The van der Waals surface area contributed by atoms with E-state index in [2.05, 4.69) is 19.9 Å². The predicted octanol–water partition coefficient (Wildman–Crippen LogP) is 3.95. The summed E-state index contributed by atoms with van der Waals surface area (Å²) in [6.07, 6.45) is 2.12. The van der Waals surface area contributed by atoms with Crippen LogP contribution in [0.5, 0.6) is 0 Å². The van der Waals surface area contributed by atoms with Gasteiger partial charge in [-0.1, -0.05) is 44.0 Å². The van der Waals surface area contributed by atoms with E-state index < -0.39 is 0 Å². The van der Waals surface area contributed by atoms with Gasteiger partial charge in [0.1, 0.15) is 0 Å². The fraction of sp³-hybridized carbons (Fsp3) is 0.538. The Hall–Kier alpha value is -0.530. The van der Waals surface area contributed by atoms with Crippen molar-refractivity contribution in [2.45, 2.75) is 26.7 Å². The van der Waals surface area contributed by atoms with Crippen molar-refractivity contribution in [2.24, 2.45) is 5.92 Å². The highest BCUT2D eigenvalue weighted by atomic mass is 35.5. The Morgan fingerprint density at radius 1 is 1.40 bits per heavy atom. The Labute approximate surface area is 97.4 Å². The van der Waals surface area contributed by atoms with Crippen LogP contribution in [0.25, 0.3) is 0 Å². The maximum atomic E-state index is 5.89. The molecule has 0 amide bonds. The van der Waals surface area contributed by atoms with Crippen molar-refractivity contribution in [2.75, 3.05) is 13.2 Å². The zero-order valence-corrected chi connectivity index (χ0v) is 10.3. The highest BCUT2D eigenvalue weighted by molar-refractivity contribution is 6.30. The second kappa shape index (κ2) is 6.86. The summed E-state index contributed by atoms with van der Waals surface area (Å²) in [7, 11) is 0. The molecule has 0 aliphatic rings. The third-order valence-electron chi connectivity index (χ3n) is 2.52. The minimum absolute atomic E-state index is 0.657. The quantitative estimate of drug-likeness (QED) is 0.668. The van der Waals surface area contributed by atoms with Crippen molar-refractivity contribution in [3.8, 4) is 0 Å². The van der Waals surface area contributed by atoms with Gasteiger partial charge in [-0.05, 0) is 30.0 Å². The number of benzene rings is 1. The molecule has 0 radical (unpaired) electrons. The van der Waals surface area contributed by atoms with Gasteiger partial charge in [0, 0.05) is 11.6 Å². The molecule has 1 aromatic rings. The van der Waals surface area contributed by atoms with E-state index in [0.29, 0.717) is 5.92 Å². The Kier molecular flexibility index (Phi) is 5.74. The lowest BCUT2D eigenvalue weighted by atomic mass is 10.1. The standard InChI is InChI=1S/C13H19ClO/c1-3-11(2)10-15-8-7-12-5-4-6-13(14)9-12/h4-6,9,11H,3,7-8,10H2,1-2H3. The monoisotopic (exact) mass is 226 g/mol. The Morgan fingerprint density at radius 2 is 2.20 bits per heavy atom. The van der Waals surface area contributed by atoms with Crippen LogP contribution in [0.3, 0.4) is 0 Å². The van der Waals surface area contributed by atoms with Gasteiger partial charge in [0.2, 0.25) is 0 Å². The van der Waals surface area contributed by atoms with Gasteiger partial charge in [-0.3, -0.25) is 0 Å². The third-order valence-corrected chi connectivity index (χ3v) is 2.76. The van der Waals surface area contributed by atoms with Crippen molar-refractivity contribution in [1.29, 1.82) is 0 Å². The van der Waals surface area contributed by atoms with Gasteiger partial charge >= 0.3 is 0 Å². The molecule has 84 valence electrons. The van der Waals surface area contributed by atoms with Crippen molar-refractivity contribution < 1.29 is 4.74 Å². The minimum Gasteiger partial charge on any atom is -0.381 e. The van der Waals surface area contributed by atoms with E-state index >= 15 is 0 Å². The Bertz CT molecular complexity index is 286. The van der Waals surface area contributed by atoms with Crippen LogP contribution in [0, 0.1) is 5.92 Å². The fourth-order valence-corrected chi connectivity index (χ4v) is 1.50. The second-order valence-electron chi connectivity index (χ2n) is 3.97. The molecule has 0 heterocycles. The molecule has 0 N–H and O–H groups in total. The first-order valence-electron chi connectivity index (χ1n) is 5.54. The zero-order valence-electron chi connectivity index (χ0n) is 9.50. The summed E-state index contributed by atoms with van der Waals surface area (Å²) in [4.78, 5) is 0. The molecule has 1 nitrogen and oxygen atoms in total. The number of ether oxygens (including phenoxy) is 1. The number of hydrogen-bond donors (Lipinski definition) is 0. The van der Waals surface area contributed by atoms with Gasteiger partial charge in [0.25, 0.3) is 0 Å². The van der Waals surface area contributed by atoms with Crippen LogP contribution in [-0.4, -0.2) is 13.2 Å². The van der Waals surface area contributed by atoms with Gasteiger partial charge in [-0.15, -0.1) is 0 Å². The first-order valence-corrected chi connectivity index (χ1v) is 5.92. The molecule has 0 saturated heterocycles. The molecule has 0 aliphatic carbocycles. The number of hydrogen-bond acceptors (Lipinski definition) is 1. The largest absolute Gasteiger partial charge is 0.381 e.